The molecule has 0 radical (unpaired) electrons. The minimum Gasteiger partial charge on any atom is -0.478 e. The van der Waals surface area contributed by atoms with Crippen LogP contribution < -0.4 is 5.32 Å². The predicted molar refractivity (Wildman–Crippen MR) is 68.4 cm³/mol. The van der Waals surface area contributed by atoms with E-state index in [1.807, 2.05) is 0 Å². The minimum absolute atomic E-state index is 0.00762. The molecule has 98 valence electrons. The second kappa shape index (κ2) is 5.38. The van der Waals surface area contributed by atoms with E-state index in [2.05, 4.69) is 12.2 Å². The van der Waals surface area contributed by atoms with Gasteiger partial charge in [-0.3, -0.25) is 0 Å². The molecular formula is C14H18FNO2. The smallest absolute Gasteiger partial charge is 0.337 e. The molecule has 2 N–H and O–H groups in total. The van der Waals surface area contributed by atoms with Gasteiger partial charge in [0.15, 0.2) is 0 Å². The van der Waals surface area contributed by atoms with Gasteiger partial charge in [0, 0.05) is 6.04 Å². The first-order chi connectivity index (χ1) is 8.58. The van der Waals surface area contributed by atoms with Crippen LogP contribution in [0.1, 0.15) is 43.0 Å². The highest BCUT2D eigenvalue weighted by molar-refractivity contribution is 5.94. The van der Waals surface area contributed by atoms with Crippen molar-refractivity contribution >= 4 is 11.7 Å². The molecule has 4 heteroatoms. The van der Waals surface area contributed by atoms with Crippen LogP contribution in [0.5, 0.6) is 0 Å². The Kier molecular flexibility index (Phi) is 3.84. The molecule has 0 bridgehead atoms. The fourth-order valence-corrected chi connectivity index (χ4v) is 2.62. The van der Waals surface area contributed by atoms with Crippen LogP contribution in [-0.4, -0.2) is 17.1 Å². The summed E-state index contributed by atoms with van der Waals surface area (Å²) < 4.78 is 13.7. The van der Waals surface area contributed by atoms with Crippen LogP contribution in [0.4, 0.5) is 10.1 Å². The molecule has 0 aromatic heterocycles. The lowest BCUT2D eigenvalue weighted by Gasteiger charge is -2.28. The number of carboxylic acids is 1. The summed E-state index contributed by atoms with van der Waals surface area (Å²) in [5, 5.41) is 12.1. The van der Waals surface area contributed by atoms with Crippen molar-refractivity contribution in [2.45, 2.75) is 38.6 Å². The zero-order valence-electron chi connectivity index (χ0n) is 10.4. The van der Waals surface area contributed by atoms with Gasteiger partial charge in [-0.1, -0.05) is 25.8 Å². The van der Waals surface area contributed by atoms with Crippen molar-refractivity contribution in [3.05, 3.63) is 29.6 Å². The highest BCUT2D eigenvalue weighted by Crippen LogP contribution is 2.28. The molecule has 0 saturated heterocycles. The molecule has 1 aliphatic rings. The van der Waals surface area contributed by atoms with Crippen LogP contribution in [0.15, 0.2) is 18.2 Å². The molecule has 1 aliphatic carbocycles. The molecule has 18 heavy (non-hydrogen) atoms. The summed E-state index contributed by atoms with van der Waals surface area (Å²) in [6.07, 6.45) is 4.24. The van der Waals surface area contributed by atoms with Crippen molar-refractivity contribution in [3.8, 4) is 0 Å². The highest BCUT2D eigenvalue weighted by Gasteiger charge is 2.22. The van der Waals surface area contributed by atoms with Crippen LogP contribution in [-0.2, 0) is 0 Å². The maximum Gasteiger partial charge on any atom is 0.337 e. The van der Waals surface area contributed by atoms with Crippen molar-refractivity contribution in [3.63, 3.8) is 0 Å². The predicted octanol–water partition coefficient (Wildman–Crippen LogP) is 3.51. The fourth-order valence-electron chi connectivity index (χ4n) is 2.62. The van der Waals surface area contributed by atoms with Gasteiger partial charge >= 0.3 is 5.97 Å². The van der Waals surface area contributed by atoms with E-state index < -0.39 is 11.8 Å². The Bertz CT molecular complexity index is 447. The average molecular weight is 251 g/mol. The third-order valence-corrected chi connectivity index (χ3v) is 3.53. The zero-order chi connectivity index (χ0) is 13.1. The Balaban J connectivity index is 2.20. The first kappa shape index (κ1) is 12.9. The van der Waals surface area contributed by atoms with Gasteiger partial charge in [-0.15, -0.1) is 0 Å². The highest BCUT2D eigenvalue weighted by atomic mass is 19.1. The Hall–Kier alpha value is -1.58. The molecule has 2 atom stereocenters. The van der Waals surface area contributed by atoms with Gasteiger partial charge in [-0.25, -0.2) is 9.18 Å². The Morgan fingerprint density at radius 1 is 1.44 bits per heavy atom. The zero-order valence-corrected chi connectivity index (χ0v) is 10.4. The molecule has 3 nitrogen and oxygen atoms in total. The van der Waals surface area contributed by atoms with E-state index in [1.165, 1.54) is 24.6 Å². The molecule has 2 unspecified atom stereocenters. The van der Waals surface area contributed by atoms with Crippen LogP contribution in [0.25, 0.3) is 0 Å². The van der Waals surface area contributed by atoms with Crippen LogP contribution in [0, 0.1) is 11.7 Å². The molecule has 0 aliphatic heterocycles. The molecule has 0 spiro atoms. The number of hydrogen-bond acceptors (Lipinski definition) is 2. The number of benzene rings is 1. The molecular weight excluding hydrogens is 233 g/mol. The minimum atomic E-state index is -1.10. The number of aromatic carboxylic acids is 1. The summed E-state index contributed by atoms with van der Waals surface area (Å²) in [6.45, 7) is 2.17. The summed E-state index contributed by atoms with van der Waals surface area (Å²) in [7, 11) is 0. The number of anilines is 1. The number of carbonyl (C=O) groups is 1. The SMILES string of the molecule is CC1CCCC(Nc2c(F)cccc2C(=O)O)C1. The summed E-state index contributed by atoms with van der Waals surface area (Å²) in [5.74, 6) is -0.981. The Labute approximate surface area is 106 Å². The summed E-state index contributed by atoms with van der Waals surface area (Å²) in [6, 6.07) is 4.32. The van der Waals surface area contributed by atoms with Crippen molar-refractivity contribution in [2.75, 3.05) is 5.32 Å². The summed E-state index contributed by atoms with van der Waals surface area (Å²) >= 11 is 0. The lowest BCUT2D eigenvalue weighted by atomic mass is 9.87. The number of hydrogen-bond donors (Lipinski definition) is 2. The quantitative estimate of drug-likeness (QED) is 0.864. The van der Waals surface area contributed by atoms with E-state index in [4.69, 9.17) is 5.11 Å². The van der Waals surface area contributed by atoms with Gasteiger partial charge in [0.25, 0.3) is 0 Å². The molecule has 1 aromatic rings. The number of halogens is 1. The van der Waals surface area contributed by atoms with Gasteiger partial charge < -0.3 is 10.4 Å². The average Bonchev–Trinajstić information content (AvgIpc) is 2.31. The van der Waals surface area contributed by atoms with Crippen LogP contribution >= 0.6 is 0 Å². The topological polar surface area (TPSA) is 49.3 Å². The number of para-hydroxylation sites is 1. The number of rotatable bonds is 3. The van der Waals surface area contributed by atoms with Crippen molar-refractivity contribution < 1.29 is 14.3 Å². The van der Waals surface area contributed by atoms with Gasteiger partial charge in [0.05, 0.1) is 11.3 Å². The van der Waals surface area contributed by atoms with Crippen molar-refractivity contribution in [1.29, 1.82) is 0 Å². The normalized spacial score (nSPS) is 23.7. The van der Waals surface area contributed by atoms with E-state index >= 15 is 0 Å². The van der Waals surface area contributed by atoms with Gasteiger partial charge in [-0.05, 0) is 30.9 Å². The second-order valence-corrected chi connectivity index (χ2v) is 5.08. The van der Waals surface area contributed by atoms with E-state index in [0.717, 1.165) is 19.3 Å². The van der Waals surface area contributed by atoms with E-state index in [9.17, 15) is 9.18 Å². The molecule has 1 fully saturated rings. The first-order valence-electron chi connectivity index (χ1n) is 6.36. The largest absolute Gasteiger partial charge is 0.478 e. The third-order valence-electron chi connectivity index (χ3n) is 3.53. The van der Waals surface area contributed by atoms with E-state index in [1.54, 1.807) is 0 Å². The van der Waals surface area contributed by atoms with Crippen LogP contribution in [0.2, 0.25) is 0 Å². The van der Waals surface area contributed by atoms with Gasteiger partial charge in [-0.2, -0.15) is 0 Å². The maximum atomic E-state index is 13.7. The summed E-state index contributed by atoms with van der Waals surface area (Å²) in [5.41, 5.74) is 0.136. The molecule has 1 aromatic carbocycles. The van der Waals surface area contributed by atoms with Crippen LogP contribution in [0.3, 0.4) is 0 Å². The lowest BCUT2D eigenvalue weighted by molar-refractivity contribution is 0.0697. The molecule has 1 saturated carbocycles. The monoisotopic (exact) mass is 251 g/mol. The van der Waals surface area contributed by atoms with Gasteiger partial charge in [0.2, 0.25) is 0 Å². The Morgan fingerprint density at radius 3 is 2.89 bits per heavy atom. The number of carboxylic acid groups (broad SMARTS) is 1. The van der Waals surface area contributed by atoms with E-state index in [0.29, 0.717) is 5.92 Å². The third kappa shape index (κ3) is 2.81. The summed E-state index contributed by atoms with van der Waals surface area (Å²) in [4.78, 5) is 11.1. The second-order valence-electron chi connectivity index (χ2n) is 5.08. The molecule has 0 amide bonds. The van der Waals surface area contributed by atoms with Crippen molar-refractivity contribution in [1.82, 2.24) is 0 Å². The van der Waals surface area contributed by atoms with Gasteiger partial charge in [0.1, 0.15) is 5.82 Å². The van der Waals surface area contributed by atoms with Crippen molar-refractivity contribution in [2.24, 2.45) is 5.92 Å². The van der Waals surface area contributed by atoms with E-state index in [-0.39, 0.29) is 17.3 Å². The number of nitrogens with one attached hydrogen (secondary N) is 1. The maximum absolute atomic E-state index is 13.7. The molecule has 0 heterocycles. The lowest BCUT2D eigenvalue weighted by Crippen LogP contribution is -2.27. The standard InChI is InChI=1S/C14H18FNO2/c1-9-4-2-5-10(8-9)16-13-11(14(17)18)6-3-7-12(13)15/h3,6-7,9-10,16H,2,4-5,8H2,1H3,(H,17,18). The first-order valence-corrected chi connectivity index (χ1v) is 6.36. The molecule has 2 rings (SSSR count). The Morgan fingerprint density at radius 2 is 2.22 bits per heavy atom. The fraction of sp³-hybridized carbons (Fsp3) is 0.500.